The first-order valence-electron chi connectivity index (χ1n) is 10.0. The number of carbonyl (C=O) groups is 1. The third-order valence-electron chi connectivity index (χ3n) is 5.65. The van der Waals surface area contributed by atoms with Crippen molar-refractivity contribution in [1.29, 1.82) is 0 Å². The molecule has 144 valence electrons. The third-order valence-corrected chi connectivity index (χ3v) is 5.89. The lowest BCUT2D eigenvalue weighted by molar-refractivity contribution is -0.125. The van der Waals surface area contributed by atoms with Crippen molar-refractivity contribution in [2.24, 2.45) is 5.92 Å². The Morgan fingerprint density at radius 2 is 2.26 bits per heavy atom. The smallest absolute Gasteiger partial charge is 0.224 e. The van der Waals surface area contributed by atoms with Crippen LogP contribution in [0.2, 0.25) is 5.02 Å². The molecule has 2 heterocycles. The van der Waals surface area contributed by atoms with Crippen molar-refractivity contribution in [3.8, 4) is 0 Å². The summed E-state index contributed by atoms with van der Waals surface area (Å²) in [6.07, 6.45) is 10.3. The fourth-order valence-electron chi connectivity index (χ4n) is 4.12. The lowest BCUT2D eigenvalue weighted by Gasteiger charge is -2.31. The number of piperidine rings is 1. The van der Waals surface area contributed by atoms with E-state index in [-0.39, 0.29) is 11.8 Å². The fourth-order valence-corrected chi connectivity index (χ4v) is 4.30. The molecule has 1 aliphatic heterocycles. The summed E-state index contributed by atoms with van der Waals surface area (Å²) in [5, 5.41) is 3.85. The van der Waals surface area contributed by atoms with Crippen molar-refractivity contribution in [3.63, 3.8) is 0 Å². The number of rotatable bonds is 5. The van der Waals surface area contributed by atoms with Gasteiger partial charge in [0.25, 0.3) is 0 Å². The van der Waals surface area contributed by atoms with Gasteiger partial charge in [0, 0.05) is 24.7 Å². The minimum absolute atomic E-state index is 0.0240. The van der Waals surface area contributed by atoms with E-state index in [1.807, 2.05) is 18.2 Å². The van der Waals surface area contributed by atoms with Gasteiger partial charge in [-0.3, -0.25) is 4.79 Å². The number of amides is 1. The summed E-state index contributed by atoms with van der Waals surface area (Å²) in [6, 6.07) is 5.66. The maximum atomic E-state index is 12.6. The van der Waals surface area contributed by atoms with Crippen molar-refractivity contribution in [3.05, 3.63) is 34.9 Å². The molecule has 6 heteroatoms. The number of nitrogens with zero attached hydrogens (tertiary/aromatic N) is 2. The van der Waals surface area contributed by atoms with Crippen molar-refractivity contribution < 1.29 is 4.79 Å². The molecular formula is C21H27ClN4O. The topological polar surface area (TPSA) is 61.0 Å². The van der Waals surface area contributed by atoms with Crippen molar-refractivity contribution in [1.82, 2.24) is 15.3 Å². The molecule has 0 saturated carbocycles. The number of allylic oxidation sites excluding steroid dienone is 1. The highest BCUT2D eigenvalue weighted by Gasteiger charge is 2.27. The molecule has 2 aliphatic rings. The number of carbonyl (C=O) groups excluding carboxylic acids is 1. The van der Waals surface area contributed by atoms with Gasteiger partial charge in [0.05, 0.1) is 17.0 Å². The van der Waals surface area contributed by atoms with Gasteiger partial charge in [-0.05, 0) is 63.1 Å². The lowest BCUT2D eigenvalue weighted by atomic mass is 9.96. The van der Waals surface area contributed by atoms with Gasteiger partial charge in [-0.1, -0.05) is 23.3 Å². The molecule has 2 N–H and O–H groups in total. The Labute approximate surface area is 165 Å². The number of benzene rings is 1. The van der Waals surface area contributed by atoms with E-state index in [0.29, 0.717) is 11.6 Å². The number of aromatic amines is 1. The van der Waals surface area contributed by atoms with Crippen LogP contribution in [0, 0.1) is 5.92 Å². The zero-order chi connectivity index (χ0) is 18.6. The fraction of sp³-hybridized carbons (Fsp3) is 0.524. The van der Waals surface area contributed by atoms with E-state index >= 15 is 0 Å². The number of nitrogens with one attached hydrogen (secondary N) is 2. The minimum Gasteiger partial charge on any atom is -0.355 e. The predicted octanol–water partition coefficient (Wildman–Crippen LogP) is 4.44. The number of H-pyrrole nitrogens is 1. The van der Waals surface area contributed by atoms with E-state index in [4.69, 9.17) is 11.6 Å². The van der Waals surface area contributed by atoms with Gasteiger partial charge in [0.2, 0.25) is 11.9 Å². The second-order valence-corrected chi connectivity index (χ2v) is 8.09. The van der Waals surface area contributed by atoms with E-state index in [1.165, 1.54) is 31.3 Å². The molecule has 5 nitrogen and oxygen atoms in total. The van der Waals surface area contributed by atoms with Gasteiger partial charge in [-0.15, -0.1) is 0 Å². The summed E-state index contributed by atoms with van der Waals surface area (Å²) in [6.45, 7) is 2.39. The molecule has 1 saturated heterocycles. The third kappa shape index (κ3) is 4.46. The highest BCUT2D eigenvalue weighted by Crippen LogP contribution is 2.25. The van der Waals surface area contributed by atoms with Crippen LogP contribution in [0.25, 0.3) is 11.0 Å². The summed E-state index contributed by atoms with van der Waals surface area (Å²) in [5.41, 5.74) is 3.35. The number of halogens is 1. The average molecular weight is 387 g/mol. The van der Waals surface area contributed by atoms with Crippen LogP contribution >= 0.6 is 11.6 Å². The molecule has 2 aromatic rings. The number of imidazole rings is 1. The Morgan fingerprint density at radius 1 is 1.33 bits per heavy atom. The highest BCUT2D eigenvalue weighted by atomic mass is 35.5. The van der Waals surface area contributed by atoms with E-state index in [2.05, 4.69) is 26.3 Å². The minimum atomic E-state index is 0.0240. The van der Waals surface area contributed by atoms with Crippen LogP contribution in [0.5, 0.6) is 0 Å². The first-order chi connectivity index (χ1) is 13.2. The van der Waals surface area contributed by atoms with Crippen LogP contribution in [0.1, 0.15) is 44.9 Å². The molecule has 0 spiro atoms. The first kappa shape index (κ1) is 18.4. The van der Waals surface area contributed by atoms with Gasteiger partial charge in [0.1, 0.15) is 0 Å². The van der Waals surface area contributed by atoms with Crippen LogP contribution < -0.4 is 10.2 Å². The number of anilines is 1. The summed E-state index contributed by atoms with van der Waals surface area (Å²) >= 11 is 6.06. The largest absolute Gasteiger partial charge is 0.355 e. The monoisotopic (exact) mass is 386 g/mol. The van der Waals surface area contributed by atoms with Gasteiger partial charge < -0.3 is 15.2 Å². The average Bonchev–Trinajstić information content (AvgIpc) is 3.12. The molecule has 0 radical (unpaired) electrons. The predicted molar refractivity (Wildman–Crippen MR) is 110 cm³/mol. The molecule has 1 aliphatic carbocycles. The molecule has 1 fully saturated rings. The van der Waals surface area contributed by atoms with Crippen LogP contribution in [0.15, 0.2) is 29.8 Å². The SMILES string of the molecule is O=C(NCCC1=CCCCC1)C1CCCN(c2nc3ccc(Cl)cc3[nH]2)C1. The van der Waals surface area contributed by atoms with Crippen LogP contribution in [0.4, 0.5) is 5.95 Å². The number of aromatic nitrogens is 2. The van der Waals surface area contributed by atoms with E-state index in [1.54, 1.807) is 0 Å². The number of hydrogen-bond donors (Lipinski definition) is 2. The molecule has 27 heavy (non-hydrogen) atoms. The van der Waals surface area contributed by atoms with E-state index in [0.717, 1.165) is 49.3 Å². The molecule has 1 atom stereocenters. The summed E-state index contributed by atoms with van der Waals surface area (Å²) in [5.74, 6) is 1.03. The van der Waals surface area contributed by atoms with Crippen molar-refractivity contribution in [2.75, 3.05) is 24.5 Å². The van der Waals surface area contributed by atoms with Crippen LogP contribution in [0.3, 0.4) is 0 Å². The summed E-state index contributed by atoms with van der Waals surface area (Å²) < 4.78 is 0. The van der Waals surface area contributed by atoms with Crippen LogP contribution in [-0.2, 0) is 4.79 Å². The van der Waals surface area contributed by atoms with Crippen molar-refractivity contribution >= 4 is 34.5 Å². The molecule has 0 bridgehead atoms. The van der Waals surface area contributed by atoms with E-state index in [9.17, 15) is 4.79 Å². The lowest BCUT2D eigenvalue weighted by Crippen LogP contribution is -2.43. The maximum absolute atomic E-state index is 12.6. The summed E-state index contributed by atoms with van der Waals surface area (Å²) in [7, 11) is 0. The normalized spacial score (nSPS) is 20.6. The standard InChI is InChI=1S/C21H27ClN4O/c22-17-8-9-18-19(13-17)25-21(24-18)26-12-4-7-16(14-26)20(27)23-11-10-15-5-2-1-3-6-15/h5,8-9,13,16H,1-4,6-7,10-12,14H2,(H,23,27)(H,24,25). The number of hydrogen-bond acceptors (Lipinski definition) is 3. The summed E-state index contributed by atoms with van der Waals surface area (Å²) in [4.78, 5) is 22.8. The molecule has 1 unspecified atom stereocenters. The molecule has 4 rings (SSSR count). The van der Waals surface area contributed by atoms with Gasteiger partial charge in [-0.2, -0.15) is 0 Å². The molecule has 1 amide bonds. The Kier molecular flexibility index (Phi) is 5.67. The second-order valence-electron chi connectivity index (χ2n) is 7.66. The Morgan fingerprint density at radius 3 is 3.11 bits per heavy atom. The van der Waals surface area contributed by atoms with Gasteiger partial charge in [0.15, 0.2) is 0 Å². The zero-order valence-electron chi connectivity index (χ0n) is 15.6. The van der Waals surface area contributed by atoms with E-state index < -0.39 is 0 Å². The molecule has 1 aromatic carbocycles. The first-order valence-corrected chi connectivity index (χ1v) is 10.4. The highest BCUT2D eigenvalue weighted by molar-refractivity contribution is 6.31. The van der Waals surface area contributed by atoms with Crippen molar-refractivity contribution in [2.45, 2.75) is 44.9 Å². The van der Waals surface area contributed by atoms with Gasteiger partial charge >= 0.3 is 0 Å². The van der Waals surface area contributed by atoms with Crippen LogP contribution in [-0.4, -0.2) is 35.5 Å². The quantitative estimate of drug-likeness (QED) is 0.747. The molecular weight excluding hydrogens is 360 g/mol. The second kappa shape index (κ2) is 8.34. The Hall–Kier alpha value is -2.01. The maximum Gasteiger partial charge on any atom is 0.224 e. The van der Waals surface area contributed by atoms with Gasteiger partial charge in [-0.25, -0.2) is 4.98 Å². The zero-order valence-corrected chi connectivity index (χ0v) is 16.4. The Balaban J connectivity index is 1.34. The number of fused-ring (bicyclic) bond motifs is 1. The molecule has 1 aromatic heterocycles. The Bertz CT molecular complexity index is 844.